The fourth-order valence-electron chi connectivity index (χ4n) is 8.20. The second kappa shape index (κ2) is 19.3. The molecule has 9 aromatic rings. The van der Waals surface area contributed by atoms with Crippen LogP contribution >= 0.6 is 11.6 Å². The summed E-state index contributed by atoms with van der Waals surface area (Å²) in [6.07, 6.45) is 0. The summed E-state index contributed by atoms with van der Waals surface area (Å²) in [7, 11) is 0. The third kappa shape index (κ3) is 9.47. The fourth-order valence-corrected chi connectivity index (χ4v) is 8.44. The van der Waals surface area contributed by atoms with Crippen LogP contribution in [0.25, 0.3) is 33.1 Å². The lowest BCUT2D eigenvalue weighted by Crippen LogP contribution is -2.89. The van der Waals surface area contributed by atoms with Gasteiger partial charge in [-0.15, -0.1) is 0 Å². The van der Waals surface area contributed by atoms with Crippen molar-refractivity contribution in [1.29, 1.82) is 0 Å². The van der Waals surface area contributed by atoms with Gasteiger partial charge in [0, 0.05) is 39.3 Å². The van der Waals surface area contributed by atoms with Crippen molar-refractivity contribution in [2.45, 2.75) is 19.6 Å². The van der Waals surface area contributed by atoms with Gasteiger partial charge in [-0.25, -0.2) is 15.0 Å². The molecule has 61 heavy (non-hydrogen) atoms. The number of imidazole rings is 3. The second-order valence-corrected chi connectivity index (χ2v) is 15.8. The third-order valence-corrected chi connectivity index (χ3v) is 11.6. The zero-order chi connectivity index (χ0) is 41.2. The molecule has 0 atom stereocenters. The lowest BCUT2D eigenvalue weighted by molar-refractivity contribution is -0.657. The zero-order valence-corrected chi connectivity index (χ0v) is 35.2. The van der Waals surface area contributed by atoms with Crippen LogP contribution in [0.5, 0.6) is 0 Å². The molecular weight excluding hydrogens is 776 g/mol. The molecule has 0 spiro atoms. The molecule has 3 aromatic heterocycles. The standard InChI is InChI=1S/C32H30N6.C14H11ClN2.C4H10N2/c1-3-11-25(12-4-1)23-37-29-17-9-7-15-27(29)33-31(37)35-19-21-36(22-20-35)32-34-28-16-8-10-18-30(28)38(32)24-26-13-5-2-6-14-26;15-14-16-12-8-4-5-9-13(12)17(14)10-11-6-2-1-3-7-11;1-2-6-4-3-5-1/h1-18H,19-24H2;1-9H,10H2;5-6H,1-4H2/p+1. The van der Waals surface area contributed by atoms with E-state index in [-0.39, 0.29) is 0 Å². The number of rotatable bonds is 8. The molecule has 0 bridgehead atoms. The first kappa shape index (κ1) is 40.0. The minimum absolute atomic E-state index is 0.537. The first-order valence-electron chi connectivity index (χ1n) is 21.3. The summed E-state index contributed by atoms with van der Waals surface area (Å²) in [5.41, 5.74) is 10.2. The number of hydrogen-bond donors (Lipinski definition) is 2. The highest BCUT2D eigenvalue weighted by Crippen LogP contribution is 2.29. The Morgan fingerprint density at radius 2 is 0.770 bits per heavy atom. The number of benzene rings is 6. The van der Waals surface area contributed by atoms with Crippen molar-refractivity contribution >= 4 is 56.6 Å². The van der Waals surface area contributed by atoms with Crippen LogP contribution in [0, 0.1) is 0 Å². The maximum Gasteiger partial charge on any atom is 0.206 e. The number of halogens is 1. The normalized spacial score (nSPS) is 14.1. The van der Waals surface area contributed by atoms with Crippen LogP contribution in [0.1, 0.15) is 16.7 Å². The molecule has 0 saturated carbocycles. The van der Waals surface area contributed by atoms with Crippen LogP contribution in [-0.4, -0.2) is 81.0 Å². The van der Waals surface area contributed by atoms with E-state index >= 15 is 0 Å². The molecule has 2 aliphatic heterocycles. The quantitative estimate of drug-likeness (QED) is 0.163. The van der Waals surface area contributed by atoms with Crippen molar-refractivity contribution in [3.05, 3.63) is 186 Å². The predicted molar refractivity (Wildman–Crippen MR) is 250 cm³/mol. The largest absolute Gasteiger partial charge is 0.344 e. The number of nitrogens with two attached hydrogens (primary N) is 1. The van der Waals surface area contributed by atoms with Crippen molar-refractivity contribution in [2.24, 2.45) is 0 Å². The maximum atomic E-state index is 6.17. The Balaban J connectivity index is 0.000000169. The Labute approximate surface area is 362 Å². The highest BCUT2D eigenvalue weighted by molar-refractivity contribution is 6.29. The van der Waals surface area contributed by atoms with Gasteiger partial charge in [0.1, 0.15) is 0 Å². The number of quaternary nitrogens is 1. The van der Waals surface area contributed by atoms with E-state index in [0.717, 1.165) is 79.8 Å². The minimum atomic E-state index is 0.537. The highest BCUT2D eigenvalue weighted by Gasteiger charge is 2.26. The Hall–Kier alpha value is -6.46. The molecule has 308 valence electrons. The number of fused-ring (bicyclic) bond motifs is 3. The summed E-state index contributed by atoms with van der Waals surface area (Å²) in [4.78, 5) is 19.4. The van der Waals surface area contributed by atoms with Crippen LogP contribution in [-0.2, 0) is 19.6 Å². The topological polar surface area (TPSA) is 88.6 Å². The number of nitrogens with one attached hydrogen (secondary N) is 1. The highest BCUT2D eigenvalue weighted by atomic mass is 35.5. The van der Waals surface area contributed by atoms with E-state index in [1.807, 2.05) is 47.0 Å². The summed E-state index contributed by atoms with van der Waals surface area (Å²) < 4.78 is 6.75. The van der Waals surface area contributed by atoms with E-state index in [0.29, 0.717) is 5.28 Å². The number of aromatic nitrogens is 6. The smallest absolute Gasteiger partial charge is 0.206 e. The lowest BCUT2D eigenvalue weighted by atomic mass is 10.2. The molecule has 2 saturated heterocycles. The van der Waals surface area contributed by atoms with Gasteiger partial charge >= 0.3 is 0 Å². The Kier molecular flexibility index (Phi) is 12.6. The third-order valence-electron chi connectivity index (χ3n) is 11.3. The summed E-state index contributed by atoms with van der Waals surface area (Å²) in [6, 6.07) is 56.5. The fraction of sp³-hybridized carbons (Fsp3) is 0.220. The molecule has 10 nitrogen and oxygen atoms in total. The van der Waals surface area contributed by atoms with Gasteiger partial charge in [0.05, 0.1) is 65.8 Å². The number of nitrogens with zero attached hydrogens (tertiary/aromatic N) is 8. The van der Waals surface area contributed by atoms with E-state index in [2.05, 4.69) is 156 Å². The number of hydrogen-bond acceptors (Lipinski definition) is 6. The van der Waals surface area contributed by atoms with E-state index in [4.69, 9.17) is 21.6 Å². The van der Waals surface area contributed by atoms with Crippen molar-refractivity contribution in [1.82, 2.24) is 34.0 Å². The first-order valence-corrected chi connectivity index (χ1v) is 21.7. The van der Waals surface area contributed by atoms with Gasteiger partial charge in [0.15, 0.2) is 0 Å². The predicted octanol–water partition coefficient (Wildman–Crippen LogP) is 7.70. The van der Waals surface area contributed by atoms with Crippen LogP contribution in [0.15, 0.2) is 164 Å². The van der Waals surface area contributed by atoms with E-state index in [9.17, 15) is 0 Å². The van der Waals surface area contributed by atoms with Gasteiger partial charge in [-0.2, -0.15) is 0 Å². The molecule has 11 heteroatoms. The second-order valence-electron chi connectivity index (χ2n) is 15.5. The van der Waals surface area contributed by atoms with Crippen LogP contribution < -0.4 is 20.4 Å². The molecule has 0 amide bonds. The van der Waals surface area contributed by atoms with Gasteiger partial charge in [0.25, 0.3) is 0 Å². The van der Waals surface area contributed by atoms with Crippen LogP contribution in [0.2, 0.25) is 5.28 Å². The summed E-state index contributed by atoms with van der Waals surface area (Å²) >= 11 is 6.17. The Bertz CT molecular complexity index is 2630. The van der Waals surface area contributed by atoms with Crippen molar-refractivity contribution in [3.8, 4) is 0 Å². The van der Waals surface area contributed by atoms with Crippen molar-refractivity contribution < 1.29 is 5.32 Å². The van der Waals surface area contributed by atoms with E-state index < -0.39 is 0 Å². The maximum absolute atomic E-state index is 6.17. The van der Waals surface area contributed by atoms with Gasteiger partial charge in [0.2, 0.25) is 17.2 Å². The monoisotopic (exact) mass is 827 g/mol. The molecule has 11 rings (SSSR count). The number of anilines is 2. The number of para-hydroxylation sites is 6. The van der Waals surface area contributed by atoms with Crippen LogP contribution in [0.3, 0.4) is 0 Å². The molecule has 5 heterocycles. The first-order chi connectivity index (χ1) is 30.2. The SMILES string of the molecule is C1C[NH2+]CCN1.Clc1nc2ccccc2n1Cc1ccccc1.c1ccc(Cn2c(N3CCN(c4nc5ccccc5n4Cc4ccccc4)CC3)nc3ccccc32)cc1. The zero-order valence-electron chi connectivity index (χ0n) is 34.4. The molecule has 2 fully saturated rings. The van der Waals surface area contributed by atoms with E-state index in [1.54, 1.807) is 0 Å². The average Bonchev–Trinajstić information content (AvgIpc) is 3.99. The van der Waals surface area contributed by atoms with Gasteiger partial charge in [-0.05, 0) is 64.7 Å². The summed E-state index contributed by atoms with van der Waals surface area (Å²) in [5.74, 6) is 2.10. The molecule has 6 aromatic carbocycles. The Morgan fingerprint density at radius 3 is 1.15 bits per heavy atom. The van der Waals surface area contributed by atoms with Crippen LogP contribution in [0.4, 0.5) is 11.9 Å². The minimum Gasteiger partial charge on any atom is -0.344 e. The summed E-state index contributed by atoms with van der Waals surface area (Å²) in [6.45, 7) is 10.9. The Morgan fingerprint density at radius 1 is 0.426 bits per heavy atom. The van der Waals surface area contributed by atoms with Crippen molar-refractivity contribution in [3.63, 3.8) is 0 Å². The molecule has 0 unspecified atom stereocenters. The number of piperazine rings is 2. The van der Waals surface area contributed by atoms with Crippen molar-refractivity contribution in [2.75, 3.05) is 62.2 Å². The van der Waals surface area contributed by atoms with Gasteiger partial charge in [-0.3, -0.25) is 0 Å². The average molecular weight is 828 g/mol. The van der Waals surface area contributed by atoms with Gasteiger partial charge < -0.3 is 34.1 Å². The molecule has 0 aliphatic carbocycles. The summed E-state index contributed by atoms with van der Waals surface area (Å²) in [5, 5.41) is 6.12. The molecule has 0 radical (unpaired) electrons. The molecular formula is C50H52ClN10+. The van der Waals surface area contributed by atoms with E-state index in [1.165, 1.54) is 53.9 Å². The molecule has 2 aliphatic rings. The van der Waals surface area contributed by atoms with Gasteiger partial charge in [-0.1, -0.05) is 127 Å². The lowest BCUT2D eigenvalue weighted by Gasteiger charge is -2.36. The molecule has 3 N–H and O–H groups in total.